The van der Waals surface area contributed by atoms with Crippen LogP contribution < -0.4 is 19.8 Å². The Morgan fingerprint density at radius 3 is 2.43 bits per heavy atom. The molecule has 2 N–H and O–H groups in total. The predicted octanol–water partition coefficient (Wildman–Crippen LogP) is 3.89. The Morgan fingerprint density at radius 2 is 1.76 bits per heavy atom. The molecule has 11 heteroatoms. The van der Waals surface area contributed by atoms with Crippen molar-refractivity contribution in [2.45, 2.75) is 13.8 Å². The van der Waals surface area contributed by atoms with Crippen molar-refractivity contribution in [3.63, 3.8) is 0 Å². The van der Waals surface area contributed by atoms with E-state index < -0.39 is 22.5 Å². The second kappa shape index (κ2) is 12.4. The summed E-state index contributed by atoms with van der Waals surface area (Å²) in [6, 6.07) is 18.9. The first-order chi connectivity index (χ1) is 17.5. The smallest absolute Gasteiger partial charge is 0.262 e. The number of anilines is 2. The Labute approximate surface area is 221 Å². The van der Waals surface area contributed by atoms with E-state index in [1.165, 1.54) is 6.21 Å². The number of carbonyl (C=O) groups excluding carboxylic acids is 2. The van der Waals surface area contributed by atoms with E-state index >= 15 is 0 Å². The van der Waals surface area contributed by atoms with Gasteiger partial charge in [-0.3, -0.25) is 13.9 Å². The van der Waals surface area contributed by atoms with Gasteiger partial charge in [-0.05, 0) is 79.1 Å². The van der Waals surface area contributed by atoms with E-state index in [4.69, 9.17) is 16.3 Å². The largest absolute Gasteiger partial charge is 0.484 e. The molecule has 0 atom stereocenters. The maximum absolute atomic E-state index is 12.4. The summed E-state index contributed by atoms with van der Waals surface area (Å²) in [6.07, 6.45) is 2.46. The molecular weight excluding hydrogens is 516 g/mol. The molecule has 0 spiro atoms. The Hall–Kier alpha value is -3.89. The minimum absolute atomic E-state index is 0.187. The standard InChI is InChI=1S/C26H27ClN4O5S/c1-18-7-8-19(2)24(13-18)31(37(3,34)35)16-25(32)30-28-15-20-9-11-23(12-10-20)36-17-26(33)29-22-6-4-5-21(27)14-22/h4-15H,16-17H2,1-3H3,(H,29,33)(H,30,32)/b28-15-. The fourth-order valence-electron chi connectivity index (χ4n) is 3.28. The summed E-state index contributed by atoms with van der Waals surface area (Å²) in [4.78, 5) is 24.5. The number of hydrazone groups is 1. The normalized spacial score (nSPS) is 11.2. The van der Waals surface area contributed by atoms with Crippen LogP contribution in [0.2, 0.25) is 5.02 Å². The monoisotopic (exact) mass is 542 g/mol. The maximum atomic E-state index is 12.4. The molecule has 0 saturated heterocycles. The first-order valence-electron chi connectivity index (χ1n) is 11.2. The van der Waals surface area contributed by atoms with Gasteiger partial charge in [0.15, 0.2) is 6.61 Å². The molecule has 0 heterocycles. The molecule has 9 nitrogen and oxygen atoms in total. The summed E-state index contributed by atoms with van der Waals surface area (Å²) in [5, 5.41) is 7.11. The molecule has 0 fully saturated rings. The topological polar surface area (TPSA) is 117 Å². The van der Waals surface area contributed by atoms with Gasteiger partial charge >= 0.3 is 0 Å². The number of hydrogen-bond acceptors (Lipinski definition) is 6. The molecule has 0 bridgehead atoms. The van der Waals surface area contributed by atoms with Gasteiger partial charge in [0.05, 0.1) is 18.2 Å². The number of nitrogens with zero attached hydrogens (tertiary/aromatic N) is 2. The Kier molecular flexibility index (Phi) is 9.26. The van der Waals surface area contributed by atoms with Crippen molar-refractivity contribution in [1.82, 2.24) is 5.43 Å². The molecule has 3 aromatic carbocycles. The van der Waals surface area contributed by atoms with Gasteiger partial charge in [0.25, 0.3) is 11.8 Å². The van der Waals surface area contributed by atoms with Crippen LogP contribution in [0.25, 0.3) is 0 Å². The Bertz CT molecular complexity index is 1410. The van der Waals surface area contributed by atoms with Gasteiger partial charge < -0.3 is 10.1 Å². The van der Waals surface area contributed by atoms with Crippen LogP contribution in [0.3, 0.4) is 0 Å². The quantitative estimate of drug-likeness (QED) is 0.298. The molecule has 2 amide bonds. The average molecular weight is 543 g/mol. The molecule has 0 saturated carbocycles. The number of ether oxygens (including phenoxy) is 1. The first kappa shape index (κ1) is 27.7. The number of carbonyl (C=O) groups is 2. The molecule has 0 unspecified atom stereocenters. The highest BCUT2D eigenvalue weighted by Gasteiger charge is 2.22. The summed E-state index contributed by atoms with van der Waals surface area (Å²) in [7, 11) is -3.69. The second-order valence-electron chi connectivity index (χ2n) is 8.27. The lowest BCUT2D eigenvalue weighted by atomic mass is 10.1. The highest BCUT2D eigenvalue weighted by Crippen LogP contribution is 2.23. The number of halogens is 1. The third-order valence-electron chi connectivity index (χ3n) is 5.08. The van der Waals surface area contributed by atoms with Gasteiger partial charge in [0, 0.05) is 10.7 Å². The van der Waals surface area contributed by atoms with Crippen LogP contribution in [0.1, 0.15) is 16.7 Å². The number of nitrogens with one attached hydrogen (secondary N) is 2. The number of rotatable bonds is 10. The molecule has 0 aliphatic carbocycles. The summed E-state index contributed by atoms with van der Waals surface area (Å²) in [5.74, 6) is -0.451. The van der Waals surface area contributed by atoms with Gasteiger partial charge in [-0.25, -0.2) is 13.8 Å². The zero-order valence-corrected chi connectivity index (χ0v) is 22.1. The number of aryl methyl sites for hydroxylation is 2. The van der Waals surface area contributed by atoms with Crippen molar-refractivity contribution in [2.75, 3.05) is 29.0 Å². The molecule has 0 aliphatic heterocycles. The molecule has 3 rings (SSSR count). The highest BCUT2D eigenvalue weighted by molar-refractivity contribution is 7.92. The minimum Gasteiger partial charge on any atom is -0.484 e. The van der Waals surface area contributed by atoms with Crippen LogP contribution in [0, 0.1) is 13.8 Å². The number of benzene rings is 3. The molecule has 0 aliphatic rings. The maximum Gasteiger partial charge on any atom is 0.262 e. The van der Waals surface area contributed by atoms with Gasteiger partial charge in [0.1, 0.15) is 12.3 Å². The molecule has 3 aromatic rings. The SMILES string of the molecule is Cc1ccc(C)c(N(CC(=O)N/N=C\c2ccc(OCC(=O)Nc3cccc(Cl)c3)cc2)S(C)(=O)=O)c1. The predicted molar refractivity (Wildman–Crippen MR) is 146 cm³/mol. The molecule has 0 radical (unpaired) electrons. The van der Waals surface area contributed by atoms with Crippen molar-refractivity contribution in [3.8, 4) is 5.75 Å². The van der Waals surface area contributed by atoms with Crippen LogP contribution in [0.15, 0.2) is 71.8 Å². The zero-order chi connectivity index (χ0) is 27.0. The highest BCUT2D eigenvalue weighted by atomic mass is 35.5. The summed E-state index contributed by atoms with van der Waals surface area (Å²) >= 11 is 5.90. The van der Waals surface area contributed by atoms with Gasteiger partial charge in [0.2, 0.25) is 10.0 Å². The lowest BCUT2D eigenvalue weighted by Gasteiger charge is -2.23. The lowest BCUT2D eigenvalue weighted by molar-refractivity contribution is -0.119. The minimum atomic E-state index is -3.69. The van der Waals surface area contributed by atoms with E-state index in [0.717, 1.165) is 21.7 Å². The first-order valence-corrected chi connectivity index (χ1v) is 13.4. The van der Waals surface area contributed by atoms with Crippen molar-refractivity contribution < 1.29 is 22.7 Å². The van der Waals surface area contributed by atoms with E-state index in [2.05, 4.69) is 15.8 Å². The van der Waals surface area contributed by atoms with Crippen LogP contribution in [-0.4, -0.2) is 45.9 Å². The number of hydrogen-bond donors (Lipinski definition) is 2. The van der Waals surface area contributed by atoms with Crippen LogP contribution in [-0.2, 0) is 19.6 Å². The van der Waals surface area contributed by atoms with Gasteiger partial charge in [-0.1, -0.05) is 29.8 Å². The third-order valence-corrected chi connectivity index (χ3v) is 6.44. The molecule has 37 heavy (non-hydrogen) atoms. The number of amides is 2. The van der Waals surface area contributed by atoms with E-state index in [0.29, 0.717) is 27.7 Å². The van der Waals surface area contributed by atoms with E-state index in [-0.39, 0.29) is 12.5 Å². The van der Waals surface area contributed by atoms with Crippen LogP contribution in [0.4, 0.5) is 11.4 Å². The Balaban J connectivity index is 1.52. The van der Waals surface area contributed by atoms with E-state index in [1.807, 2.05) is 13.0 Å². The summed E-state index contributed by atoms with van der Waals surface area (Å²) < 4.78 is 31.2. The average Bonchev–Trinajstić information content (AvgIpc) is 2.83. The fraction of sp³-hybridized carbons (Fsp3) is 0.192. The van der Waals surface area contributed by atoms with Crippen LogP contribution in [0.5, 0.6) is 5.75 Å². The molecule has 0 aromatic heterocycles. The summed E-state index contributed by atoms with van der Waals surface area (Å²) in [6.45, 7) is 3.03. The van der Waals surface area contributed by atoms with Crippen molar-refractivity contribution >= 4 is 51.0 Å². The summed E-state index contributed by atoms with van der Waals surface area (Å²) in [5.41, 5.74) is 5.63. The third kappa shape index (κ3) is 8.62. The second-order valence-corrected chi connectivity index (χ2v) is 10.6. The van der Waals surface area contributed by atoms with E-state index in [9.17, 15) is 18.0 Å². The van der Waals surface area contributed by atoms with Gasteiger partial charge in [-0.2, -0.15) is 5.10 Å². The lowest BCUT2D eigenvalue weighted by Crippen LogP contribution is -2.39. The van der Waals surface area contributed by atoms with Crippen molar-refractivity contribution in [2.24, 2.45) is 5.10 Å². The van der Waals surface area contributed by atoms with Crippen molar-refractivity contribution in [3.05, 3.63) is 88.4 Å². The van der Waals surface area contributed by atoms with Crippen molar-refractivity contribution in [1.29, 1.82) is 0 Å². The van der Waals surface area contributed by atoms with E-state index in [1.54, 1.807) is 67.6 Å². The molecule has 194 valence electrons. The Morgan fingerprint density at radius 1 is 1.03 bits per heavy atom. The molecular formula is C26H27ClN4O5S. The zero-order valence-electron chi connectivity index (χ0n) is 20.6. The fourth-order valence-corrected chi connectivity index (χ4v) is 4.37. The van der Waals surface area contributed by atoms with Gasteiger partial charge in [-0.15, -0.1) is 0 Å². The van der Waals surface area contributed by atoms with Crippen LogP contribution >= 0.6 is 11.6 Å². The number of sulfonamides is 1.